The number of aromatic nitrogens is 1. The molecule has 150 valence electrons. The van der Waals surface area contributed by atoms with Crippen LogP contribution in [0.2, 0.25) is 5.02 Å². The van der Waals surface area contributed by atoms with Crippen molar-refractivity contribution in [2.45, 2.75) is 43.2 Å². The number of Topliss-reactive ketones (excluding diaryl/α,β-unsaturated/α-hetero) is 1. The van der Waals surface area contributed by atoms with E-state index in [2.05, 4.69) is 14.9 Å². The van der Waals surface area contributed by atoms with Gasteiger partial charge in [-0.15, -0.1) is 0 Å². The zero-order chi connectivity index (χ0) is 19.9. The number of nitrogen functional groups attached to an aromatic ring is 1. The van der Waals surface area contributed by atoms with Crippen LogP contribution in [0.15, 0.2) is 33.3 Å². The smallest absolute Gasteiger partial charge is 0.202 e. The molecule has 3 aliphatic heterocycles. The summed E-state index contributed by atoms with van der Waals surface area (Å²) < 4.78 is 5.77. The van der Waals surface area contributed by atoms with E-state index in [1.807, 2.05) is 6.92 Å². The highest BCUT2D eigenvalue weighted by Gasteiger charge is 2.48. The molecular formula is C19H24ClN5O2S. The second-order valence-corrected chi connectivity index (χ2v) is 9.20. The average Bonchev–Trinajstić information content (AvgIpc) is 2.95. The van der Waals surface area contributed by atoms with Crippen molar-refractivity contribution in [2.24, 2.45) is 16.1 Å². The lowest BCUT2D eigenvalue weighted by molar-refractivity contribution is -0.113. The van der Waals surface area contributed by atoms with Crippen molar-refractivity contribution in [3.05, 3.63) is 28.4 Å². The lowest BCUT2D eigenvalue weighted by atomic mass is 9.73. The molecule has 9 heteroatoms. The fourth-order valence-corrected chi connectivity index (χ4v) is 5.25. The molecule has 1 aromatic rings. The van der Waals surface area contributed by atoms with Crippen LogP contribution in [0.4, 0.5) is 5.82 Å². The summed E-state index contributed by atoms with van der Waals surface area (Å²) in [5.74, 6) is 0.851. The number of aliphatic imine (C=N–C) groups is 1. The molecular weight excluding hydrogens is 398 g/mol. The maximum absolute atomic E-state index is 12.7. The summed E-state index contributed by atoms with van der Waals surface area (Å²) in [6.07, 6.45) is 5.60. The van der Waals surface area contributed by atoms with E-state index in [1.54, 1.807) is 18.5 Å². The number of amidine groups is 1. The molecule has 3 aliphatic rings. The minimum Gasteiger partial charge on any atom is -0.382 e. The Morgan fingerprint density at radius 1 is 1.39 bits per heavy atom. The summed E-state index contributed by atoms with van der Waals surface area (Å²) in [5, 5.41) is 0.404. The number of pyridine rings is 1. The Labute approximate surface area is 173 Å². The first-order valence-corrected chi connectivity index (χ1v) is 10.6. The van der Waals surface area contributed by atoms with Crippen molar-refractivity contribution < 1.29 is 9.53 Å². The number of anilines is 1. The number of thioether (sulfide) groups is 1. The molecule has 2 fully saturated rings. The molecule has 2 saturated heterocycles. The van der Waals surface area contributed by atoms with Crippen LogP contribution >= 0.6 is 23.4 Å². The highest BCUT2D eigenvalue weighted by Crippen LogP contribution is 2.42. The van der Waals surface area contributed by atoms with Gasteiger partial charge in [0.15, 0.2) is 5.84 Å². The van der Waals surface area contributed by atoms with E-state index >= 15 is 0 Å². The van der Waals surface area contributed by atoms with Crippen LogP contribution < -0.4 is 11.5 Å². The number of nitrogens with two attached hydrogens (primary N) is 2. The Hall–Kier alpha value is -1.61. The third-order valence-corrected chi connectivity index (χ3v) is 7.52. The van der Waals surface area contributed by atoms with Crippen molar-refractivity contribution in [3.63, 3.8) is 0 Å². The number of nitrogens with zero attached hydrogens (tertiary/aromatic N) is 3. The highest BCUT2D eigenvalue weighted by atomic mass is 35.5. The van der Waals surface area contributed by atoms with E-state index in [4.69, 9.17) is 27.8 Å². The molecule has 7 nitrogen and oxygen atoms in total. The first kappa shape index (κ1) is 19.7. The lowest BCUT2D eigenvalue weighted by Crippen LogP contribution is -2.52. The van der Waals surface area contributed by atoms with Gasteiger partial charge in [0, 0.05) is 53.2 Å². The monoisotopic (exact) mass is 421 g/mol. The van der Waals surface area contributed by atoms with Gasteiger partial charge >= 0.3 is 0 Å². The summed E-state index contributed by atoms with van der Waals surface area (Å²) in [5.41, 5.74) is 12.2. The Bertz CT molecular complexity index is 851. The molecule has 0 unspecified atom stereocenters. The van der Waals surface area contributed by atoms with E-state index in [-0.39, 0.29) is 29.2 Å². The van der Waals surface area contributed by atoms with Gasteiger partial charge < -0.3 is 21.1 Å². The van der Waals surface area contributed by atoms with Gasteiger partial charge in [-0.1, -0.05) is 23.4 Å². The number of halogens is 1. The molecule has 0 aliphatic carbocycles. The summed E-state index contributed by atoms with van der Waals surface area (Å²) in [6, 6.07) is 1.84. The van der Waals surface area contributed by atoms with E-state index < -0.39 is 0 Å². The van der Waals surface area contributed by atoms with Gasteiger partial charge in [0.25, 0.3) is 0 Å². The summed E-state index contributed by atoms with van der Waals surface area (Å²) >= 11 is 7.60. The SMILES string of the molecule is C[C@@H]1OCC2(CCN(C3=NC=C(Sc4ccnc(N)c4Cl)CC3=O)CC2)[C@@H]1N. The number of hydrogen-bond acceptors (Lipinski definition) is 8. The summed E-state index contributed by atoms with van der Waals surface area (Å²) in [7, 11) is 0. The van der Waals surface area contributed by atoms with Gasteiger partial charge in [-0.25, -0.2) is 9.98 Å². The van der Waals surface area contributed by atoms with Crippen LogP contribution in [0.1, 0.15) is 26.2 Å². The molecule has 28 heavy (non-hydrogen) atoms. The van der Waals surface area contributed by atoms with Gasteiger partial charge in [0.05, 0.1) is 17.7 Å². The molecule has 0 aromatic carbocycles. The summed E-state index contributed by atoms with van der Waals surface area (Å²) in [6.45, 7) is 4.29. The molecule has 4 N–H and O–H groups in total. The standard InChI is InChI=1S/C19H24ClN5O2S/c1-11-16(21)19(10-27-11)3-6-25(7-4-19)18-13(26)8-12(9-24-18)28-14-2-5-23-17(22)15(14)20/h2,5,9,11,16H,3-4,6-8,10,21H2,1H3,(H2,22,23)/t11-,16+/m0/s1. The van der Waals surface area contributed by atoms with Gasteiger partial charge in [0.1, 0.15) is 5.82 Å². The van der Waals surface area contributed by atoms with Crippen molar-refractivity contribution >= 4 is 40.8 Å². The number of piperidine rings is 1. The molecule has 4 heterocycles. The molecule has 0 amide bonds. The number of ether oxygens (including phenoxy) is 1. The predicted molar refractivity (Wildman–Crippen MR) is 111 cm³/mol. The number of hydrogen-bond donors (Lipinski definition) is 2. The fourth-order valence-electron chi connectivity index (χ4n) is 4.11. The Morgan fingerprint density at radius 2 is 2.14 bits per heavy atom. The Kier molecular flexibility index (Phi) is 5.39. The normalized spacial score (nSPS) is 27.1. The average molecular weight is 422 g/mol. The molecule has 1 spiro atoms. The van der Waals surface area contributed by atoms with Crippen LogP contribution in [0.5, 0.6) is 0 Å². The predicted octanol–water partition coefficient (Wildman–Crippen LogP) is 2.45. The van der Waals surface area contributed by atoms with Crippen molar-refractivity contribution in [1.82, 2.24) is 9.88 Å². The maximum Gasteiger partial charge on any atom is 0.202 e. The van der Waals surface area contributed by atoms with E-state index in [9.17, 15) is 4.79 Å². The van der Waals surface area contributed by atoms with Crippen molar-refractivity contribution in [1.29, 1.82) is 0 Å². The van der Waals surface area contributed by atoms with E-state index in [0.717, 1.165) is 35.7 Å². The Morgan fingerprint density at radius 3 is 2.79 bits per heavy atom. The van der Waals surface area contributed by atoms with Gasteiger partial charge in [-0.05, 0) is 25.8 Å². The molecule has 1 aromatic heterocycles. The fraction of sp³-hybridized carbons (Fsp3) is 0.526. The van der Waals surface area contributed by atoms with Crippen molar-refractivity contribution in [3.8, 4) is 0 Å². The third-order valence-electron chi connectivity index (χ3n) is 5.94. The molecule has 2 atom stereocenters. The van der Waals surface area contributed by atoms with Crippen LogP contribution in [-0.4, -0.2) is 53.3 Å². The maximum atomic E-state index is 12.7. The number of carbonyl (C=O) groups is 1. The van der Waals surface area contributed by atoms with Gasteiger partial charge in [-0.2, -0.15) is 0 Å². The third kappa shape index (κ3) is 3.54. The van der Waals surface area contributed by atoms with Crippen LogP contribution in [-0.2, 0) is 9.53 Å². The van der Waals surface area contributed by atoms with Gasteiger partial charge in [-0.3, -0.25) is 4.79 Å². The van der Waals surface area contributed by atoms with E-state index in [1.165, 1.54) is 11.8 Å². The zero-order valence-electron chi connectivity index (χ0n) is 15.7. The molecule has 4 rings (SSSR count). The Balaban J connectivity index is 1.44. The number of carbonyl (C=O) groups excluding carboxylic acids is 1. The van der Waals surface area contributed by atoms with Gasteiger partial charge in [0.2, 0.25) is 5.78 Å². The topological polar surface area (TPSA) is 107 Å². The first-order valence-electron chi connectivity index (χ1n) is 9.40. The minimum absolute atomic E-state index is 0.0273. The quantitative estimate of drug-likeness (QED) is 0.755. The highest BCUT2D eigenvalue weighted by molar-refractivity contribution is 8.03. The largest absolute Gasteiger partial charge is 0.382 e. The number of allylic oxidation sites excluding steroid dienone is 1. The second kappa shape index (κ2) is 7.67. The van der Waals surface area contributed by atoms with E-state index in [0.29, 0.717) is 23.9 Å². The molecule has 0 radical (unpaired) electrons. The molecule has 0 saturated carbocycles. The number of likely N-dealkylation sites (tertiary alicyclic amines) is 1. The molecule has 0 bridgehead atoms. The first-order chi connectivity index (χ1) is 13.4. The van der Waals surface area contributed by atoms with Crippen LogP contribution in [0.25, 0.3) is 0 Å². The zero-order valence-corrected chi connectivity index (χ0v) is 17.3. The van der Waals surface area contributed by atoms with Crippen LogP contribution in [0.3, 0.4) is 0 Å². The minimum atomic E-state index is 0.0273. The second-order valence-electron chi connectivity index (χ2n) is 7.65. The van der Waals surface area contributed by atoms with Crippen molar-refractivity contribution in [2.75, 3.05) is 25.4 Å². The lowest BCUT2D eigenvalue weighted by Gasteiger charge is -2.42. The number of ketones is 1. The summed E-state index contributed by atoms with van der Waals surface area (Å²) in [4.78, 5) is 24.9. The van der Waals surface area contributed by atoms with Crippen LogP contribution in [0, 0.1) is 5.41 Å². The number of rotatable bonds is 2.